The van der Waals surface area contributed by atoms with Crippen LogP contribution in [0.1, 0.15) is 0 Å². The maximum atomic E-state index is 6.49. The third kappa shape index (κ3) is 1.58. The first-order chi connectivity index (χ1) is 10.8. The van der Waals surface area contributed by atoms with Gasteiger partial charge in [0.1, 0.15) is 0 Å². The zero-order valence-corrected chi connectivity index (χ0v) is 13.2. The third-order valence-corrected chi connectivity index (χ3v) is 5.82. The highest BCUT2D eigenvalue weighted by Gasteiger charge is 2.12. The molecule has 104 valence electrons. The molecule has 0 saturated heterocycles. The van der Waals surface area contributed by atoms with Crippen molar-refractivity contribution in [3.8, 4) is 0 Å². The van der Waals surface area contributed by atoms with E-state index in [0.29, 0.717) is 0 Å². The molecule has 22 heavy (non-hydrogen) atoms. The van der Waals surface area contributed by atoms with Gasteiger partial charge in [0.2, 0.25) is 0 Å². The Balaban J connectivity index is 2.12. The molecule has 1 aromatic heterocycles. The molecule has 0 radical (unpaired) electrons. The normalized spacial score (nSPS) is 11.9. The lowest BCUT2D eigenvalue weighted by Gasteiger charge is -2.03. The van der Waals surface area contributed by atoms with Crippen molar-refractivity contribution in [1.29, 1.82) is 0 Å². The maximum Gasteiger partial charge on any atom is 0.0498 e. The minimum absolute atomic E-state index is 0.832. The first-order valence-electron chi connectivity index (χ1n) is 7.24. The van der Waals surface area contributed by atoms with Crippen LogP contribution in [0, 0.1) is 0 Å². The number of halogens is 1. The summed E-state index contributed by atoms with van der Waals surface area (Å²) in [7, 11) is 0. The molecule has 0 amide bonds. The lowest BCUT2D eigenvalue weighted by molar-refractivity contribution is 1.81. The fourth-order valence-corrected chi connectivity index (χ4v) is 4.96. The summed E-state index contributed by atoms with van der Waals surface area (Å²) < 4.78 is 2.61. The van der Waals surface area contributed by atoms with E-state index < -0.39 is 0 Å². The minimum atomic E-state index is 0.832. The molecule has 0 aliphatic rings. The predicted octanol–water partition coefficient (Wildman–Crippen LogP) is 7.01. The van der Waals surface area contributed by atoms with Crippen LogP contribution in [0.25, 0.3) is 41.7 Å². The molecule has 2 heteroatoms. The van der Waals surface area contributed by atoms with Crippen LogP contribution in [-0.4, -0.2) is 0 Å². The van der Waals surface area contributed by atoms with Crippen LogP contribution in [0.3, 0.4) is 0 Å². The first-order valence-corrected chi connectivity index (χ1v) is 8.43. The van der Waals surface area contributed by atoms with E-state index in [1.807, 2.05) is 17.4 Å². The molecule has 0 unspecified atom stereocenters. The molecule has 0 N–H and O–H groups in total. The lowest BCUT2D eigenvalue weighted by Crippen LogP contribution is -1.76. The zero-order valence-electron chi connectivity index (χ0n) is 11.6. The largest absolute Gasteiger partial charge is 0.134 e. The molecular formula is C20H11ClS. The lowest BCUT2D eigenvalue weighted by atomic mass is 10.0. The van der Waals surface area contributed by atoms with Crippen LogP contribution >= 0.6 is 22.9 Å². The van der Waals surface area contributed by atoms with Gasteiger partial charge in [-0.2, -0.15) is 0 Å². The fraction of sp³-hybridized carbons (Fsp3) is 0. The smallest absolute Gasteiger partial charge is 0.0498 e. The van der Waals surface area contributed by atoms with Gasteiger partial charge < -0.3 is 0 Å². The number of fused-ring (bicyclic) bond motifs is 7. The summed E-state index contributed by atoms with van der Waals surface area (Å²) in [6, 6.07) is 23.5. The summed E-state index contributed by atoms with van der Waals surface area (Å²) in [4.78, 5) is 0. The summed E-state index contributed by atoms with van der Waals surface area (Å²) in [6.45, 7) is 0. The van der Waals surface area contributed by atoms with Crippen LogP contribution in [-0.2, 0) is 0 Å². The Morgan fingerprint density at radius 2 is 1.41 bits per heavy atom. The Kier molecular flexibility index (Phi) is 2.52. The Morgan fingerprint density at radius 3 is 2.27 bits per heavy atom. The summed E-state index contributed by atoms with van der Waals surface area (Å²) >= 11 is 8.32. The summed E-state index contributed by atoms with van der Waals surface area (Å²) in [5, 5.41) is 8.46. The molecule has 5 aromatic rings. The zero-order chi connectivity index (χ0) is 14.7. The Bertz CT molecular complexity index is 1180. The molecule has 0 nitrogen and oxygen atoms in total. The van der Waals surface area contributed by atoms with E-state index in [-0.39, 0.29) is 0 Å². The Labute approximate surface area is 136 Å². The second-order valence-corrected chi connectivity index (χ2v) is 7.00. The molecular weight excluding hydrogens is 308 g/mol. The average molecular weight is 319 g/mol. The van der Waals surface area contributed by atoms with Gasteiger partial charge in [-0.3, -0.25) is 0 Å². The topological polar surface area (TPSA) is 0 Å². The van der Waals surface area contributed by atoms with Crippen LogP contribution < -0.4 is 0 Å². The molecule has 0 saturated carbocycles. The second-order valence-electron chi connectivity index (χ2n) is 5.54. The van der Waals surface area contributed by atoms with E-state index in [1.54, 1.807) is 0 Å². The van der Waals surface area contributed by atoms with Crippen molar-refractivity contribution >= 4 is 64.7 Å². The predicted molar refractivity (Wildman–Crippen MR) is 99.4 cm³/mol. The quantitative estimate of drug-likeness (QED) is 0.288. The number of benzene rings is 4. The van der Waals surface area contributed by atoms with Crippen molar-refractivity contribution in [3.63, 3.8) is 0 Å². The van der Waals surface area contributed by atoms with Crippen molar-refractivity contribution in [1.82, 2.24) is 0 Å². The van der Waals surface area contributed by atoms with Gasteiger partial charge in [-0.05, 0) is 22.2 Å². The highest BCUT2D eigenvalue weighted by atomic mass is 35.5. The van der Waals surface area contributed by atoms with Crippen LogP contribution in [0.5, 0.6) is 0 Å². The van der Waals surface area contributed by atoms with Gasteiger partial charge in [0, 0.05) is 30.6 Å². The van der Waals surface area contributed by atoms with Crippen LogP contribution in [0.4, 0.5) is 0 Å². The molecule has 0 aliphatic carbocycles. The molecule has 4 aromatic carbocycles. The van der Waals surface area contributed by atoms with Crippen molar-refractivity contribution in [2.75, 3.05) is 0 Å². The van der Waals surface area contributed by atoms with Crippen molar-refractivity contribution in [2.45, 2.75) is 0 Å². The Hall–Kier alpha value is -2.09. The van der Waals surface area contributed by atoms with E-state index in [1.165, 1.54) is 36.3 Å². The minimum Gasteiger partial charge on any atom is -0.134 e. The standard InChI is InChI=1S/C20H11ClS/c21-17-11-18-19(15-8-4-3-7-14(15)17)16-10-9-12-5-1-2-6-13(12)20(16)22-18/h1-11H. The van der Waals surface area contributed by atoms with Crippen LogP contribution in [0.15, 0.2) is 66.7 Å². The third-order valence-electron chi connectivity index (χ3n) is 4.32. The van der Waals surface area contributed by atoms with E-state index in [9.17, 15) is 0 Å². The van der Waals surface area contributed by atoms with E-state index in [0.717, 1.165) is 10.4 Å². The monoisotopic (exact) mass is 318 g/mol. The number of hydrogen-bond acceptors (Lipinski definition) is 1. The number of rotatable bonds is 0. The molecule has 0 aliphatic heterocycles. The number of thiophene rings is 1. The molecule has 0 fully saturated rings. The van der Waals surface area contributed by atoms with Gasteiger partial charge in [-0.1, -0.05) is 72.3 Å². The number of hydrogen-bond donors (Lipinski definition) is 0. The second kappa shape index (κ2) is 4.45. The van der Waals surface area contributed by atoms with E-state index in [4.69, 9.17) is 11.6 Å². The molecule has 0 spiro atoms. The van der Waals surface area contributed by atoms with Gasteiger partial charge in [0.05, 0.1) is 0 Å². The summed E-state index contributed by atoms with van der Waals surface area (Å²) in [6.07, 6.45) is 0. The maximum absolute atomic E-state index is 6.49. The van der Waals surface area contributed by atoms with Gasteiger partial charge in [-0.15, -0.1) is 11.3 Å². The van der Waals surface area contributed by atoms with E-state index in [2.05, 4.69) is 60.7 Å². The van der Waals surface area contributed by atoms with Crippen LogP contribution in [0.2, 0.25) is 5.02 Å². The van der Waals surface area contributed by atoms with Crippen molar-refractivity contribution in [3.05, 3.63) is 71.8 Å². The van der Waals surface area contributed by atoms with Gasteiger partial charge >= 0.3 is 0 Å². The van der Waals surface area contributed by atoms with Crippen molar-refractivity contribution < 1.29 is 0 Å². The Morgan fingerprint density at radius 1 is 0.682 bits per heavy atom. The molecule has 5 rings (SSSR count). The molecule has 0 bridgehead atoms. The van der Waals surface area contributed by atoms with Crippen molar-refractivity contribution in [2.24, 2.45) is 0 Å². The first kappa shape index (κ1) is 12.5. The van der Waals surface area contributed by atoms with Gasteiger partial charge in [0.25, 0.3) is 0 Å². The van der Waals surface area contributed by atoms with Gasteiger partial charge in [0.15, 0.2) is 0 Å². The SMILES string of the molecule is Clc1cc2sc3c4ccccc4ccc3c2c2ccccc12. The fourth-order valence-electron chi connectivity index (χ4n) is 3.33. The van der Waals surface area contributed by atoms with Gasteiger partial charge in [-0.25, -0.2) is 0 Å². The van der Waals surface area contributed by atoms with E-state index >= 15 is 0 Å². The highest BCUT2D eigenvalue weighted by molar-refractivity contribution is 7.27. The molecule has 1 heterocycles. The highest BCUT2D eigenvalue weighted by Crippen LogP contribution is 2.43. The average Bonchev–Trinajstić information content (AvgIpc) is 2.94. The summed E-state index contributed by atoms with van der Waals surface area (Å²) in [5.41, 5.74) is 0. The summed E-state index contributed by atoms with van der Waals surface area (Å²) in [5.74, 6) is 0. The molecule has 0 atom stereocenters.